The Labute approximate surface area is 72.3 Å². The van der Waals surface area contributed by atoms with Gasteiger partial charge in [-0.3, -0.25) is 4.79 Å². The van der Waals surface area contributed by atoms with Crippen molar-refractivity contribution < 1.29 is 9.90 Å². The van der Waals surface area contributed by atoms with E-state index in [1.54, 1.807) is 6.92 Å². The van der Waals surface area contributed by atoms with Crippen molar-refractivity contribution in [3.8, 4) is 0 Å². The highest BCUT2D eigenvalue weighted by atomic mass is 16.3. The first-order valence-corrected chi connectivity index (χ1v) is 4.07. The molecule has 0 aromatic carbocycles. The molecule has 0 aromatic rings. The first kappa shape index (κ1) is 11.3. The summed E-state index contributed by atoms with van der Waals surface area (Å²) < 4.78 is 0. The largest absolute Gasteiger partial charge is 0.330 e. The lowest BCUT2D eigenvalue weighted by atomic mass is 9.97. The molecule has 1 unspecified atom stereocenters. The van der Waals surface area contributed by atoms with Gasteiger partial charge in [0.2, 0.25) is 0 Å². The third-order valence-electron chi connectivity index (χ3n) is 1.77. The Kier molecular flexibility index (Phi) is 5.49. The Bertz CT molecular complexity index is 164. The van der Waals surface area contributed by atoms with Gasteiger partial charge in [0, 0.05) is 12.3 Å². The van der Waals surface area contributed by atoms with Crippen molar-refractivity contribution in [1.82, 2.24) is 0 Å². The summed E-state index contributed by atoms with van der Waals surface area (Å²) in [6, 6.07) is 0. The van der Waals surface area contributed by atoms with E-state index in [2.05, 4.69) is 0 Å². The molecule has 3 N–H and O–H groups in total. The van der Waals surface area contributed by atoms with E-state index in [4.69, 9.17) is 11.1 Å². The standard InChI is InChI=1S/C8H15N2O2/c1-2-6(5-11)8(10)7(12)3-4-9/h6,10H,2-5,9H2,1H3. The minimum atomic E-state index is -0.427. The van der Waals surface area contributed by atoms with Gasteiger partial charge in [-0.2, -0.15) is 0 Å². The van der Waals surface area contributed by atoms with Gasteiger partial charge in [0.1, 0.15) is 0 Å². The zero-order valence-electron chi connectivity index (χ0n) is 7.30. The topological polar surface area (TPSA) is 86.8 Å². The molecule has 0 spiro atoms. The molecule has 0 amide bonds. The maximum absolute atomic E-state index is 11.1. The van der Waals surface area contributed by atoms with Gasteiger partial charge >= 0.3 is 0 Å². The predicted octanol–water partition coefficient (Wildman–Crippen LogP) is 0.381. The summed E-state index contributed by atoms with van der Waals surface area (Å²) in [6.45, 7) is 1.66. The molecule has 0 aliphatic carbocycles. The van der Waals surface area contributed by atoms with Crippen LogP contribution < -0.4 is 5.73 Å². The van der Waals surface area contributed by atoms with Gasteiger partial charge in [0.15, 0.2) is 5.78 Å². The fraction of sp³-hybridized carbons (Fsp3) is 0.750. The lowest BCUT2D eigenvalue weighted by Gasteiger charge is -2.10. The molecule has 1 atom stereocenters. The zero-order valence-corrected chi connectivity index (χ0v) is 7.30. The number of hydrogen-bond donors (Lipinski definition) is 2. The Morgan fingerprint density at radius 3 is 2.50 bits per heavy atom. The lowest BCUT2D eigenvalue weighted by Crippen LogP contribution is -2.26. The van der Waals surface area contributed by atoms with Crippen LogP contribution in [0.25, 0.3) is 0 Å². The summed E-state index contributed by atoms with van der Waals surface area (Å²) in [5, 5.41) is 17.8. The molecular formula is C8H15N2O2. The molecule has 0 rings (SSSR count). The Morgan fingerprint density at radius 2 is 2.17 bits per heavy atom. The first-order chi connectivity index (χ1) is 5.67. The second-order valence-electron chi connectivity index (χ2n) is 2.65. The highest BCUT2D eigenvalue weighted by molar-refractivity contribution is 6.39. The number of carbonyl (C=O) groups excluding carboxylic acids is 1. The third-order valence-corrected chi connectivity index (χ3v) is 1.77. The number of nitrogens with one attached hydrogen (secondary N) is 1. The molecule has 0 heterocycles. The van der Waals surface area contributed by atoms with Crippen LogP contribution in [0, 0.1) is 11.3 Å². The van der Waals surface area contributed by atoms with E-state index in [1.165, 1.54) is 0 Å². The molecule has 4 heteroatoms. The van der Waals surface area contributed by atoms with Gasteiger partial charge < -0.3 is 11.1 Å². The van der Waals surface area contributed by atoms with Crippen LogP contribution in [-0.4, -0.2) is 24.6 Å². The van der Waals surface area contributed by atoms with Gasteiger partial charge in [-0.05, 0) is 13.0 Å². The van der Waals surface area contributed by atoms with Crippen molar-refractivity contribution >= 4 is 11.5 Å². The maximum atomic E-state index is 11.1. The summed E-state index contributed by atoms with van der Waals surface area (Å²) in [4.78, 5) is 11.1. The van der Waals surface area contributed by atoms with Crippen LogP contribution in [0.1, 0.15) is 19.8 Å². The molecule has 4 nitrogen and oxygen atoms in total. The van der Waals surface area contributed by atoms with Crippen molar-refractivity contribution in [2.24, 2.45) is 11.7 Å². The van der Waals surface area contributed by atoms with Crippen LogP contribution in [0.15, 0.2) is 0 Å². The second-order valence-corrected chi connectivity index (χ2v) is 2.65. The summed E-state index contributed by atoms with van der Waals surface area (Å²) in [5.41, 5.74) is 5.10. The molecule has 12 heavy (non-hydrogen) atoms. The average molecular weight is 171 g/mol. The van der Waals surface area contributed by atoms with Crippen molar-refractivity contribution in [2.45, 2.75) is 19.8 Å². The number of ketones is 1. The van der Waals surface area contributed by atoms with Crippen molar-refractivity contribution in [3.63, 3.8) is 0 Å². The lowest BCUT2D eigenvalue weighted by molar-refractivity contribution is -0.113. The quantitative estimate of drug-likeness (QED) is 0.566. The Balaban J connectivity index is 4.07. The molecule has 0 aliphatic rings. The highest BCUT2D eigenvalue weighted by Gasteiger charge is 2.18. The van der Waals surface area contributed by atoms with Crippen molar-refractivity contribution in [3.05, 3.63) is 0 Å². The molecule has 0 saturated heterocycles. The minimum absolute atomic E-state index is 0.0575. The van der Waals surface area contributed by atoms with Crippen LogP contribution in [-0.2, 0) is 9.90 Å². The fourth-order valence-corrected chi connectivity index (χ4v) is 0.899. The second kappa shape index (κ2) is 5.85. The summed E-state index contributed by atoms with van der Waals surface area (Å²) in [6.07, 6.45) is 0.730. The molecular weight excluding hydrogens is 156 g/mol. The van der Waals surface area contributed by atoms with Gasteiger partial charge in [-0.25, -0.2) is 5.11 Å². The molecule has 0 aliphatic heterocycles. The molecule has 0 saturated carbocycles. The highest BCUT2D eigenvalue weighted by Crippen LogP contribution is 2.05. The monoisotopic (exact) mass is 171 g/mol. The van der Waals surface area contributed by atoms with Crippen LogP contribution in [0.3, 0.4) is 0 Å². The zero-order chi connectivity index (χ0) is 9.56. The van der Waals surface area contributed by atoms with Crippen molar-refractivity contribution in [2.75, 3.05) is 13.2 Å². The number of rotatable bonds is 6. The van der Waals surface area contributed by atoms with Crippen LogP contribution >= 0.6 is 0 Å². The van der Waals surface area contributed by atoms with Crippen LogP contribution in [0.5, 0.6) is 0 Å². The molecule has 0 fully saturated rings. The van der Waals surface area contributed by atoms with E-state index >= 15 is 0 Å². The third kappa shape index (κ3) is 3.11. The summed E-state index contributed by atoms with van der Waals surface area (Å²) in [5.74, 6) is -0.718. The van der Waals surface area contributed by atoms with E-state index < -0.39 is 5.92 Å². The first-order valence-electron chi connectivity index (χ1n) is 4.07. The predicted molar refractivity (Wildman–Crippen MR) is 45.7 cm³/mol. The normalized spacial score (nSPS) is 12.6. The van der Waals surface area contributed by atoms with Crippen LogP contribution in [0.4, 0.5) is 0 Å². The maximum Gasteiger partial charge on any atom is 0.177 e. The Hall–Kier alpha value is -0.740. The molecule has 0 bridgehead atoms. The Morgan fingerprint density at radius 1 is 1.58 bits per heavy atom. The average Bonchev–Trinajstić information content (AvgIpc) is 2.07. The number of nitrogens with two attached hydrogens (primary N) is 1. The van der Waals surface area contributed by atoms with Crippen molar-refractivity contribution in [1.29, 1.82) is 5.41 Å². The van der Waals surface area contributed by atoms with Crippen LogP contribution in [0.2, 0.25) is 0 Å². The van der Waals surface area contributed by atoms with E-state index in [0.29, 0.717) is 6.42 Å². The fourth-order valence-electron chi connectivity index (χ4n) is 0.899. The molecule has 69 valence electrons. The van der Waals surface area contributed by atoms with Gasteiger partial charge in [-0.1, -0.05) is 6.92 Å². The minimum Gasteiger partial charge on any atom is -0.330 e. The molecule has 0 aromatic heterocycles. The SMILES string of the molecule is CCC(C[O])C(=N)C(=O)CCN. The number of Topliss-reactive ketones (excluding diaryl/α,β-unsaturated/α-hetero) is 1. The summed E-state index contributed by atoms with van der Waals surface area (Å²) in [7, 11) is 0. The van der Waals surface area contributed by atoms with Gasteiger partial charge in [0.05, 0.1) is 12.3 Å². The summed E-state index contributed by atoms with van der Waals surface area (Å²) >= 11 is 0. The van der Waals surface area contributed by atoms with Gasteiger partial charge in [0.25, 0.3) is 0 Å². The molecule has 1 radical (unpaired) electrons. The van der Waals surface area contributed by atoms with E-state index in [-0.39, 0.29) is 31.1 Å². The number of carbonyl (C=O) groups is 1. The van der Waals surface area contributed by atoms with E-state index in [9.17, 15) is 9.90 Å². The van der Waals surface area contributed by atoms with Gasteiger partial charge in [-0.15, -0.1) is 0 Å². The number of hydrogen-bond acceptors (Lipinski definition) is 3. The van der Waals surface area contributed by atoms with E-state index in [1.807, 2.05) is 0 Å². The smallest absolute Gasteiger partial charge is 0.177 e. The van der Waals surface area contributed by atoms with E-state index in [0.717, 1.165) is 0 Å².